The van der Waals surface area contributed by atoms with Crippen LogP contribution in [0.2, 0.25) is 0 Å². The average Bonchev–Trinajstić information content (AvgIpc) is 2.24. The zero-order valence-electron chi connectivity index (χ0n) is 10.4. The third-order valence-electron chi connectivity index (χ3n) is 2.55. The van der Waals surface area contributed by atoms with Gasteiger partial charge in [-0.3, -0.25) is 9.59 Å². The minimum atomic E-state index is -0.988. The summed E-state index contributed by atoms with van der Waals surface area (Å²) >= 11 is 0. The molecule has 0 saturated carbocycles. The summed E-state index contributed by atoms with van der Waals surface area (Å²) in [5.74, 6) is -1.46. The Kier molecular flexibility index (Phi) is 6.72. The summed E-state index contributed by atoms with van der Waals surface area (Å²) in [5, 5.41) is 8.76. The Morgan fingerprint density at radius 2 is 1.94 bits per heavy atom. The third-order valence-corrected chi connectivity index (χ3v) is 2.55. The fourth-order valence-electron chi connectivity index (χ4n) is 1.42. The Morgan fingerprint density at radius 1 is 1.38 bits per heavy atom. The van der Waals surface area contributed by atoms with Crippen molar-refractivity contribution in [2.45, 2.75) is 33.2 Å². The van der Waals surface area contributed by atoms with Crippen molar-refractivity contribution < 1.29 is 19.4 Å². The van der Waals surface area contributed by atoms with Gasteiger partial charge in [-0.2, -0.15) is 0 Å². The van der Waals surface area contributed by atoms with Crippen LogP contribution >= 0.6 is 0 Å². The van der Waals surface area contributed by atoms with Crippen molar-refractivity contribution in [1.82, 2.24) is 4.90 Å². The molecule has 0 aliphatic carbocycles. The second kappa shape index (κ2) is 7.22. The summed E-state index contributed by atoms with van der Waals surface area (Å²) in [6.45, 7) is 5.57. The lowest BCUT2D eigenvalue weighted by atomic mass is 10.1. The first-order valence-corrected chi connectivity index (χ1v) is 5.45. The topological polar surface area (TPSA) is 66.8 Å². The van der Waals surface area contributed by atoms with Crippen LogP contribution in [0.4, 0.5) is 0 Å². The molecule has 0 aliphatic rings. The van der Waals surface area contributed by atoms with Crippen LogP contribution in [0.25, 0.3) is 0 Å². The summed E-state index contributed by atoms with van der Waals surface area (Å²) in [5.41, 5.74) is 0. The molecule has 2 atom stereocenters. The molecular weight excluding hydrogens is 210 g/mol. The molecule has 0 spiro atoms. The number of carbonyl (C=O) groups excluding carboxylic acids is 1. The van der Waals surface area contributed by atoms with Gasteiger partial charge in [0, 0.05) is 13.2 Å². The number of aliphatic carboxylic acids is 1. The minimum Gasteiger partial charge on any atom is -0.480 e. The summed E-state index contributed by atoms with van der Waals surface area (Å²) in [4.78, 5) is 24.0. The maximum atomic E-state index is 12.0. The van der Waals surface area contributed by atoms with Crippen molar-refractivity contribution in [3.05, 3.63) is 0 Å². The minimum absolute atomic E-state index is 0.0668. The first kappa shape index (κ1) is 14.9. The highest BCUT2D eigenvalue weighted by Gasteiger charge is 2.25. The van der Waals surface area contributed by atoms with Crippen LogP contribution in [0, 0.1) is 5.92 Å². The van der Waals surface area contributed by atoms with E-state index in [1.165, 1.54) is 12.0 Å². The molecule has 1 N–H and O–H groups in total. The van der Waals surface area contributed by atoms with Crippen molar-refractivity contribution in [2.24, 2.45) is 5.92 Å². The van der Waals surface area contributed by atoms with Crippen LogP contribution in [0.5, 0.6) is 0 Å². The van der Waals surface area contributed by atoms with E-state index in [1.54, 1.807) is 6.92 Å². The number of hydrogen-bond acceptors (Lipinski definition) is 3. The fourth-order valence-corrected chi connectivity index (χ4v) is 1.42. The summed E-state index contributed by atoms with van der Waals surface area (Å²) in [6.07, 6.45) is 0.735. The van der Waals surface area contributed by atoms with Gasteiger partial charge in [0.05, 0.1) is 12.5 Å². The van der Waals surface area contributed by atoms with Crippen LogP contribution < -0.4 is 0 Å². The maximum Gasteiger partial charge on any atom is 0.323 e. The Morgan fingerprint density at radius 3 is 2.31 bits per heavy atom. The summed E-state index contributed by atoms with van der Waals surface area (Å²) in [7, 11) is 1.52. The molecule has 16 heavy (non-hydrogen) atoms. The summed E-state index contributed by atoms with van der Waals surface area (Å²) < 4.78 is 4.90. The lowest BCUT2D eigenvalue weighted by Gasteiger charge is -2.29. The van der Waals surface area contributed by atoms with E-state index in [4.69, 9.17) is 9.84 Å². The molecule has 0 aromatic carbocycles. The van der Waals surface area contributed by atoms with Gasteiger partial charge in [0.15, 0.2) is 0 Å². The average molecular weight is 231 g/mol. The lowest BCUT2D eigenvalue weighted by molar-refractivity contribution is -0.148. The van der Waals surface area contributed by atoms with Crippen molar-refractivity contribution in [3.63, 3.8) is 0 Å². The highest BCUT2D eigenvalue weighted by molar-refractivity contribution is 5.83. The van der Waals surface area contributed by atoms with E-state index >= 15 is 0 Å². The molecule has 0 aromatic rings. The molecule has 0 aromatic heterocycles. The molecule has 0 rings (SSSR count). The number of carboxylic acid groups (broad SMARTS) is 1. The summed E-state index contributed by atoms with van der Waals surface area (Å²) in [6, 6.07) is -0.0668. The number of carbonyl (C=O) groups is 2. The van der Waals surface area contributed by atoms with Gasteiger partial charge in [-0.25, -0.2) is 0 Å². The maximum absolute atomic E-state index is 12.0. The molecule has 1 amide bonds. The largest absolute Gasteiger partial charge is 0.480 e. The number of methoxy groups -OCH3 is 1. The van der Waals surface area contributed by atoms with Crippen LogP contribution in [-0.4, -0.2) is 48.2 Å². The van der Waals surface area contributed by atoms with Gasteiger partial charge in [0.25, 0.3) is 0 Å². The van der Waals surface area contributed by atoms with Crippen LogP contribution in [0.15, 0.2) is 0 Å². The number of rotatable bonds is 7. The second-order valence-corrected chi connectivity index (χ2v) is 3.97. The molecule has 0 bridgehead atoms. The van der Waals surface area contributed by atoms with Gasteiger partial charge in [-0.1, -0.05) is 13.8 Å². The van der Waals surface area contributed by atoms with E-state index in [0.717, 1.165) is 6.42 Å². The van der Waals surface area contributed by atoms with Crippen molar-refractivity contribution in [3.8, 4) is 0 Å². The highest BCUT2D eigenvalue weighted by atomic mass is 16.5. The van der Waals surface area contributed by atoms with Crippen LogP contribution in [-0.2, 0) is 14.3 Å². The van der Waals surface area contributed by atoms with Crippen molar-refractivity contribution in [1.29, 1.82) is 0 Å². The zero-order valence-corrected chi connectivity index (χ0v) is 10.4. The quantitative estimate of drug-likeness (QED) is 0.709. The van der Waals surface area contributed by atoms with E-state index in [-0.39, 0.29) is 24.4 Å². The van der Waals surface area contributed by atoms with Crippen molar-refractivity contribution in [2.75, 3.05) is 20.3 Å². The van der Waals surface area contributed by atoms with E-state index in [0.29, 0.717) is 6.61 Å². The molecule has 94 valence electrons. The number of hydrogen-bond donors (Lipinski definition) is 1. The third kappa shape index (κ3) is 4.61. The van der Waals surface area contributed by atoms with E-state index < -0.39 is 5.97 Å². The number of amides is 1. The van der Waals surface area contributed by atoms with E-state index in [9.17, 15) is 9.59 Å². The fraction of sp³-hybridized carbons (Fsp3) is 0.818. The van der Waals surface area contributed by atoms with Gasteiger partial charge in [0.1, 0.15) is 6.54 Å². The van der Waals surface area contributed by atoms with Gasteiger partial charge in [-0.05, 0) is 13.3 Å². The Hall–Kier alpha value is -1.10. The molecule has 0 fully saturated rings. The molecule has 2 unspecified atom stereocenters. The SMILES string of the molecule is CCC(C)N(CC(=O)O)C(=O)C(C)COC. The van der Waals surface area contributed by atoms with Gasteiger partial charge < -0.3 is 14.7 Å². The zero-order chi connectivity index (χ0) is 12.7. The van der Waals surface area contributed by atoms with Crippen molar-refractivity contribution >= 4 is 11.9 Å². The van der Waals surface area contributed by atoms with E-state index in [2.05, 4.69) is 0 Å². The van der Waals surface area contributed by atoms with Crippen LogP contribution in [0.1, 0.15) is 27.2 Å². The molecular formula is C11H21NO4. The predicted octanol–water partition coefficient (Wildman–Crippen LogP) is 0.981. The molecule has 5 heteroatoms. The second-order valence-electron chi connectivity index (χ2n) is 3.97. The Balaban J connectivity index is 4.61. The lowest BCUT2D eigenvalue weighted by Crippen LogP contribution is -2.45. The first-order chi connectivity index (χ1) is 7.43. The van der Waals surface area contributed by atoms with Gasteiger partial charge in [-0.15, -0.1) is 0 Å². The monoisotopic (exact) mass is 231 g/mol. The highest BCUT2D eigenvalue weighted by Crippen LogP contribution is 2.09. The number of carboxylic acids is 1. The Bertz CT molecular complexity index is 242. The number of nitrogens with zero attached hydrogens (tertiary/aromatic N) is 1. The van der Waals surface area contributed by atoms with Crippen LogP contribution in [0.3, 0.4) is 0 Å². The molecule has 0 aliphatic heterocycles. The first-order valence-electron chi connectivity index (χ1n) is 5.45. The standard InChI is InChI=1S/C11H21NO4/c1-5-9(3)12(6-10(13)14)11(15)8(2)7-16-4/h8-9H,5-7H2,1-4H3,(H,13,14). The van der Waals surface area contributed by atoms with E-state index in [1.807, 2.05) is 13.8 Å². The molecule has 0 radical (unpaired) electrons. The number of ether oxygens (including phenoxy) is 1. The normalized spacial score (nSPS) is 14.2. The van der Waals surface area contributed by atoms with Gasteiger partial charge in [0.2, 0.25) is 5.91 Å². The van der Waals surface area contributed by atoms with Gasteiger partial charge >= 0.3 is 5.97 Å². The molecule has 0 heterocycles. The Labute approximate surface area is 96.4 Å². The molecule has 5 nitrogen and oxygen atoms in total. The molecule has 0 saturated heterocycles. The smallest absolute Gasteiger partial charge is 0.323 e. The predicted molar refractivity (Wildman–Crippen MR) is 60.1 cm³/mol.